The fourth-order valence-corrected chi connectivity index (χ4v) is 2.04. The molecule has 1 saturated heterocycles. The molecule has 2 rings (SSSR count). The Hall–Kier alpha value is -2.28. The molecule has 1 aliphatic heterocycles. The molecule has 1 aromatic rings. The molecular formula is C13H16N4O3. The maximum Gasteiger partial charge on any atom is 0.269 e. The summed E-state index contributed by atoms with van der Waals surface area (Å²) in [5, 5.41) is 14.3. The van der Waals surface area contributed by atoms with Gasteiger partial charge in [-0.1, -0.05) is 0 Å². The van der Waals surface area contributed by atoms with E-state index in [4.69, 9.17) is 0 Å². The van der Waals surface area contributed by atoms with E-state index in [9.17, 15) is 14.9 Å². The molecule has 20 heavy (non-hydrogen) atoms. The zero-order valence-electron chi connectivity index (χ0n) is 11.0. The van der Waals surface area contributed by atoms with E-state index in [1.165, 1.54) is 18.3 Å². The summed E-state index contributed by atoms with van der Waals surface area (Å²) >= 11 is 0. The highest BCUT2D eigenvalue weighted by Crippen LogP contribution is 2.10. The zero-order valence-corrected chi connectivity index (χ0v) is 11.0. The van der Waals surface area contributed by atoms with Crippen LogP contribution in [0.3, 0.4) is 0 Å². The first-order valence-electron chi connectivity index (χ1n) is 6.44. The largest absolute Gasteiger partial charge is 0.294 e. The van der Waals surface area contributed by atoms with Crippen molar-refractivity contribution in [3.05, 3.63) is 39.9 Å². The lowest BCUT2D eigenvalue weighted by Gasteiger charge is -2.12. The number of non-ortho nitro benzene ring substituents is 1. The Labute approximate surface area is 116 Å². The Morgan fingerprint density at radius 3 is 2.60 bits per heavy atom. The van der Waals surface area contributed by atoms with Crippen molar-refractivity contribution in [2.45, 2.75) is 12.8 Å². The quantitative estimate of drug-likeness (QED) is 0.496. The number of nitro benzene ring substituents is 1. The van der Waals surface area contributed by atoms with E-state index < -0.39 is 4.92 Å². The van der Waals surface area contributed by atoms with Gasteiger partial charge in [0, 0.05) is 12.1 Å². The standard InChI is InChI=1S/C13H16N4O3/c18-13(10-16-7-1-2-8-16)15-14-9-11-3-5-12(6-4-11)17(19)20/h3-6,9H,1-2,7-8,10H2,(H,15,18)/b14-9+. The molecule has 1 N–H and O–H groups in total. The summed E-state index contributed by atoms with van der Waals surface area (Å²) in [5.74, 6) is -0.148. The topological polar surface area (TPSA) is 87.8 Å². The number of hydrazone groups is 1. The van der Waals surface area contributed by atoms with Crippen molar-refractivity contribution in [3.63, 3.8) is 0 Å². The van der Waals surface area contributed by atoms with Crippen molar-refractivity contribution < 1.29 is 9.72 Å². The second kappa shape index (κ2) is 6.76. The van der Waals surface area contributed by atoms with Gasteiger partial charge in [0.05, 0.1) is 17.7 Å². The molecule has 0 atom stereocenters. The van der Waals surface area contributed by atoms with Crippen LogP contribution in [0.15, 0.2) is 29.4 Å². The van der Waals surface area contributed by atoms with E-state index in [1.807, 2.05) is 0 Å². The van der Waals surface area contributed by atoms with E-state index in [0.29, 0.717) is 12.1 Å². The number of hydrogen-bond acceptors (Lipinski definition) is 5. The van der Waals surface area contributed by atoms with Gasteiger partial charge >= 0.3 is 0 Å². The predicted octanol–water partition coefficient (Wildman–Crippen LogP) is 1.14. The second-order valence-electron chi connectivity index (χ2n) is 4.63. The molecule has 7 heteroatoms. The normalized spacial score (nSPS) is 15.6. The van der Waals surface area contributed by atoms with Gasteiger partial charge in [0.2, 0.25) is 0 Å². The number of amides is 1. The molecule has 7 nitrogen and oxygen atoms in total. The van der Waals surface area contributed by atoms with Crippen molar-refractivity contribution >= 4 is 17.8 Å². The minimum absolute atomic E-state index is 0.0280. The van der Waals surface area contributed by atoms with Crippen LogP contribution in [0.5, 0.6) is 0 Å². The average Bonchev–Trinajstić information content (AvgIpc) is 2.92. The van der Waals surface area contributed by atoms with Crippen LogP contribution in [-0.2, 0) is 4.79 Å². The monoisotopic (exact) mass is 276 g/mol. The van der Waals surface area contributed by atoms with Crippen LogP contribution in [0, 0.1) is 10.1 Å². The van der Waals surface area contributed by atoms with Crippen LogP contribution in [0.2, 0.25) is 0 Å². The molecule has 0 saturated carbocycles. The molecule has 1 fully saturated rings. The van der Waals surface area contributed by atoms with Crippen molar-refractivity contribution in [3.8, 4) is 0 Å². The fourth-order valence-electron chi connectivity index (χ4n) is 2.04. The molecule has 106 valence electrons. The number of benzene rings is 1. The SMILES string of the molecule is O=C(CN1CCCC1)N/N=C/c1ccc([N+](=O)[O-])cc1. The number of carbonyl (C=O) groups excluding carboxylic acids is 1. The lowest BCUT2D eigenvalue weighted by Crippen LogP contribution is -2.33. The Balaban J connectivity index is 1.80. The summed E-state index contributed by atoms with van der Waals surface area (Å²) in [6.07, 6.45) is 3.74. The van der Waals surface area contributed by atoms with Crippen LogP contribution in [0.1, 0.15) is 18.4 Å². The number of rotatable bonds is 5. The smallest absolute Gasteiger partial charge is 0.269 e. The number of carbonyl (C=O) groups is 1. The molecule has 0 aliphatic carbocycles. The fraction of sp³-hybridized carbons (Fsp3) is 0.385. The first-order valence-corrected chi connectivity index (χ1v) is 6.44. The maximum atomic E-state index is 11.6. The molecule has 0 spiro atoms. The zero-order chi connectivity index (χ0) is 14.4. The summed E-state index contributed by atoms with van der Waals surface area (Å²) < 4.78 is 0. The van der Waals surface area contributed by atoms with E-state index in [1.54, 1.807) is 12.1 Å². The molecule has 1 aromatic carbocycles. The van der Waals surface area contributed by atoms with E-state index in [-0.39, 0.29) is 11.6 Å². The highest BCUT2D eigenvalue weighted by molar-refractivity contribution is 5.83. The minimum atomic E-state index is -0.460. The summed E-state index contributed by atoms with van der Waals surface area (Å²) in [7, 11) is 0. The van der Waals surface area contributed by atoms with E-state index in [0.717, 1.165) is 25.9 Å². The molecular weight excluding hydrogens is 260 g/mol. The highest BCUT2D eigenvalue weighted by atomic mass is 16.6. The molecule has 0 aromatic heterocycles. The van der Waals surface area contributed by atoms with Crippen molar-refractivity contribution in [2.24, 2.45) is 5.10 Å². The van der Waals surface area contributed by atoms with Crippen LogP contribution in [0.4, 0.5) is 5.69 Å². The molecule has 1 aliphatic rings. The van der Waals surface area contributed by atoms with Gasteiger partial charge in [-0.2, -0.15) is 5.10 Å². The summed E-state index contributed by atoms with van der Waals surface area (Å²) in [5.41, 5.74) is 3.17. The summed E-state index contributed by atoms with van der Waals surface area (Å²) in [4.78, 5) is 23.7. The third-order valence-electron chi connectivity index (χ3n) is 3.07. The molecule has 1 amide bonds. The van der Waals surface area contributed by atoms with Gasteiger partial charge in [-0.05, 0) is 43.6 Å². The Morgan fingerprint density at radius 1 is 1.35 bits per heavy atom. The first-order chi connectivity index (χ1) is 9.65. The lowest BCUT2D eigenvalue weighted by molar-refractivity contribution is -0.384. The van der Waals surface area contributed by atoms with Crippen LogP contribution in [0.25, 0.3) is 0 Å². The Bertz CT molecular complexity index is 507. The Morgan fingerprint density at radius 2 is 2.00 bits per heavy atom. The predicted molar refractivity (Wildman–Crippen MR) is 74.5 cm³/mol. The van der Waals surface area contributed by atoms with Crippen LogP contribution < -0.4 is 5.43 Å². The average molecular weight is 276 g/mol. The van der Waals surface area contributed by atoms with Gasteiger partial charge < -0.3 is 0 Å². The molecule has 0 unspecified atom stereocenters. The van der Waals surface area contributed by atoms with E-state index in [2.05, 4.69) is 15.4 Å². The first kappa shape index (κ1) is 14.1. The van der Waals surface area contributed by atoms with Crippen molar-refractivity contribution in [1.29, 1.82) is 0 Å². The molecule has 1 heterocycles. The Kier molecular flexibility index (Phi) is 4.78. The van der Waals surface area contributed by atoms with Gasteiger partial charge in [-0.3, -0.25) is 19.8 Å². The van der Waals surface area contributed by atoms with E-state index >= 15 is 0 Å². The summed E-state index contributed by atoms with van der Waals surface area (Å²) in [6, 6.07) is 5.95. The number of likely N-dealkylation sites (tertiary alicyclic amines) is 1. The third-order valence-corrected chi connectivity index (χ3v) is 3.07. The van der Waals surface area contributed by atoms with Gasteiger partial charge in [0.15, 0.2) is 0 Å². The second-order valence-corrected chi connectivity index (χ2v) is 4.63. The van der Waals surface area contributed by atoms with Gasteiger partial charge in [0.25, 0.3) is 11.6 Å². The highest BCUT2D eigenvalue weighted by Gasteiger charge is 2.14. The van der Waals surface area contributed by atoms with Gasteiger partial charge in [-0.25, -0.2) is 5.43 Å². The third kappa shape index (κ3) is 4.13. The summed E-state index contributed by atoms with van der Waals surface area (Å²) in [6.45, 7) is 2.27. The van der Waals surface area contributed by atoms with Crippen molar-refractivity contribution in [2.75, 3.05) is 19.6 Å². The number of hydrogen-bond donors (Lipinski definition) is 1. The number of nitrogens with one attached hydrogen (secondary N) is 1. The number of nitrogens with zero attached hydrogens (tertiary/aromatic N) is 3. The maximum absolute atomic E-state index is 11.6. The van der Waals surface area contributed by atoms with Crippen LogP contribution >= 0.6 is 0 Å². The van der Waals surface area contributed by atoms with Gasteiger partial charge in [0.1, 0.15) is 0 Å². The molecule has 0 radical (unpaired) electrons. The molecule has 0 bridgehead atoms. The van der Waals surface area contributed by atoms with Gasteiger partial charge in [-0.15, -0.1) is 0 Å². The van der Waals surface area contributed by atoms with Crippen molar-refractivity contribution in [1.82, 2.24) is 10.3 Å². The van der Waals surface area contributed by atoms with Crippen LogP contribution in [-0.4, -0.2) is 41.6 Å². The minimum Gasteiger partial charge on any atom is -0.294 e. The lowest BCUT2D eigenvalue weighted by atomic mass is 10.2. The number of nitro groups is 1.